The molecular weight excluding hydrogens is 392 g/mol. The van der Waals surface area contributed by atoms with Crippen molar-refractivity contribution in [3.05, 3.63) is 63.7 Å². The Morgan fingerprint density at radius 3 is 2.37 bits per heavy atom. The van der Waals surface area contributed by atoms with Crippen LogP contribution in [0, 0.1) is 10.1 Å². The molecule has 1 amide bonds. The summed E-state index contributed by atoms with van der Waals surface area (Å²) >= 11 is 0. The van der Waals surface area contributed by atoms with Crippen molar-refractivity contribution < 1.29 is 28.8 Å². The number of nitro groups is 1. The molecule has 30 heavy (non-hydrogen) atoms. The van der Waals surface area contributed by atoms with Crippen molar-refractivity contribution in [2.75, 3.05) is 12.4 Å². The second-order valence-electron chi connectivity index (χ2n) is 6.43. The zero-order chi connectivity index (χ0) is 22.3. The van der Waals surface area contributed by atoms with E-state index >= 15 is 0 Å². The number of hydrogen-bond donors (Lipinski definition) is 1. The van der Waals surface area contributed by atoms with Gasteiger partial charge >= 0.3 is 5.97 Å². The van der Waals surface area contributed by atoms with E-state index in [4.69, 9.17) is 9.47 Å². The normalized spacial score (nSPS) is 11.3. The summed E-state index contributed by atoms with van der Waals surface area (Å²) in [6.07, 6.45) is -0.0166. The van der Waals surface area contributed by atoms with Crippen molar-refractivity contribution in [2.24, 2.45) is 0 Å². The smallest absolute Gasteiger partial charge is 0.342 e. The number of hydrogen-bond acceptors (Lipinski definition) is 7. The number of anilines is 1. The molecule has 1 atom stereocenters. The quantitative estimate of drug-likeness (QED) is 0.286. The third kappa shape index (κ3) is 5.63. The second kappa shape index (κ2) is 10.1. The van der Waals surface area contributed by atoms with E-state index in [1.54, 1.807) is 12.1 Å². The van der Waals surface area contributed by atoms with E-state index < -0.39 is 22.8 Å². The Hall–Kier alpha value is -3.75. The molecule has 0 spiro atoms. The van der Waals surface area contributed by atoms with E-state index in [2.05, 4.69) is 5.32 Å². The number of ether oxygens (including phenoxy) is 2. The maximum Gasteiger partial charge on any atom is 0.342 e. The predicted molar refractivity (Wildman–Crippen MR) is 109 cm³/mol. The third-order valence-corrected chi connectivity index (χ3v) is 4.20. The second-order valence-corrected chi connectivity index (χ2v) is 6.43. The monoisotopic (exact) mass is 414 g/mol. The van der Waals surface area contributed by atoms with Gasteiger partial charge in [-0.1, -0.05) is 6.92 Å². The minimum Gasteiger partial charge on any atom is -0.496 e. The van der Waals surface area contributed by atoms with Crippen LogP contribution in [0.25, 0.3) is 0 Å². The summed E-state index contributed by atoms with van der Waals surface area (Å²) in [7, 11) is 1.31. The first-order valence-electron chi connectivity index (χ1n) is 9.24. The number of nitro benzene ring substituents is 1. The van der Waals surface area contributed by atoms with Crippen LogP contribution in [0.4, 0.5) is 11.4 Å². The number of nitrogens with one attached hydrogen (secondary N) is 1. The van der Waals surface area contributed by atoms with Gasteiger partial charge in [0.05, 0.1) is 12.0 Å². The summed E-state index contributed by atoms with van der Waals surface area (Å²) in [5.74, 6) is -1.40. The Morgan fingerprint density at radius 2 is 1.80 bits per heavy atom. The number of carbonyl (C=O) groups is 3. The molecule has 0 aromatic heterocycles. The summed E-state index contributed by atoms with van der Waals surface area (Å²) in [4.78, 5) is 47.0. The zero-order valence-corrected chi connectivity index (χ0v) is 16.8. The molecule has 0 fully saturated rings. The lowest BCUT2D eigenvalue weighted by Gasteiger charge is -2.14. The standard InChI is InChI=1S/C21H22N2O7/c1-4-5-19(24)22-15-8-6-14(7-9-15)20(25)13(2)30-21(26)17-12-16(23(27)28)10-11-18(17)29-3/h6-13H,4-5H2,1-3H3,(H,22,24)/t13-/m1/s1. The first-order chi connectivity index (χ1) is 14.3. The van der Waals surface area contributed by atoms with E-state index in [-0.39, 0.29) is 28.5 Å². The number of non-ortho nitro benzene ring substituents is 1. The number of esters is 1. The lowest BCUT2D eigenvalue weighted by Crippen LogP contribution is -2.24. The molecule has 0 aliphatic carbocycles. The first kappa shape index (κ1) is 22.5. The number of benzene rings is 2. The van der Waals surface area contributed by atoms with Crippen molar-refractivity contribution in [1.29, 1.82) is 0 Å². The van der Waals surface area contributed by atoms with Crippen LogP contribution in [-0.2, 0) is 9.53 Å². The molecule has 2 rings (SSSR count). The molecule has 0 bridgehead atoms. The molecule has 1 N–H and O–H groups in total. The van der Waals surface area contributed by atoms with Crippen LogP contribution < -0.4 is 10.1 Å². The van der Waals surface area contributed by atoms with Gasteiger partial charge in [-0.15, -0.1) is 0 Å². The van der Waals surface area contributed by atoms with Crippen LogP contribution in [0.3, 0.4) is 0 Å². The van der Waals surface area contributed by atoms with Crippen LogP contribution in [0.1, 0.15) is 47.4 Å². The van der Waals surface area contributed by atoms with Crippen LogP contribution in [0.5, 0.6) is 5.75 Å². The predicted octanol–water partition coefficient (Wildman–Crippen LogP) is 3.77. The SMILES string of the molecule is CCCC(=O)Nc1ccc(C(=O)[C@@H](C)OC(=O)c2cc([N+](=O)[O-])ccc2OC)cc1. The fourth-order valence-corrected chi connectivity index (χ4v) is 2.65. The van der Waals surface area contributed by atoms with Crippen LogP contribution >= 0.6 is 0 Å². The summed E-state index contributed by atoms with van der Waals surface area (Å²) in [5, 5.41) is 13.7. The molecule has 0 heterocycles. The number of amides is 1. The summed E-state index contributed by atoms with van der Waals surface area (Å²) in [6.45, 7) is 3.30. The highest BCUT2D eigenvalue weighted by molar-refractivity contribution is 6.02. The van der Waals surface area contributed by atoms with Gasteiger partial charge in [0.25, 0.3) is 5.69 Å². The molecule has 2 aromatic carbocycles. The lowest BCUT2D eigenvalue weighted by atomic mass is 10.1. The Morgan fingerprint density at radius 1 is 1.13 bits per heavy atom. The van der Waals surface area contributed by atoms with Gasteiger partial charge in [0, 0.05) is 29.8 Å². The molecule has 0 unspecified atom stereocenters. The number of Topliss-reactive ketones (excluding diaryl/α,β-unsaturated/α-hetero) is 1. The highest BCUT2D eigenvalue weighted by Gasteiger charge is 2.24. The Bertz CT molecular complexity index is 954. The Labute approximate surface area is 173 Å². The maximum absolute atomic E-state index is 12.6. The molecule has 9 nitrogen and oxygen atoms in total. The number of nitrogens with zero attached hydrogens (tertiary/aromatic N) is 1. The maximum atomic E-state index is 12.6. The lowest BCUT2D eigenvalue weighted by molar-refractivity contribution is -0.384. The molecule has 9 heteroatoms. The average molecular weight is 414 g/mol. The topological polar surface area (TPSA) is 125 Å². The van der Waals surface area contributed by atoms with Gasteiger partial charge < -0.3 is 14.8 Å². The molecule has 0 saturated carbocycles. The number of carbonyl (C=O) groups excluding carboxylic acids is 3. The summed E-state index contributed by atoms with van der Waals surface area (Å²) in [5.41, 5.74) is 0.383. The van der Waals surface area contributed by atoms with E-state index in [0.717, 1.165) is 12.5 Å². The van der Waals surface area contributed by atoms with Gasteiger partial charge in [0.15, 0.2) is 6.10 Å². The minimum absolute atomic E-state index is 0.0948. The molecule has 0 saturated heterocycles. The highest BCUT2D eigenvalue weighted by atomic mass is 16.6. The highest BCUT2D eigenvalue weighted by Crippen LogP contribution is 2.25. The zero-order valence-electron chi connectivity index (χ0n) is 16.8. The Kier molecular flexibility index (Phi) is 7.62. The molecule has 0 aliphatic heterocycles. The van der Waals surface area contributed by atoms with E-state index in [0.29, 0.717) is 12.1 Å². The molecule has 2 aromatic rings. The van der Waals surface area contributed by atoms with Crippen LogP contribution in [0.15, 0.2) is 42.5 Å². The Balaban J connectivity index is 2.10. The molecule has 0 aliphatic rings. The number of ketones is 1. The minimum atomic E-state index is -1.14. The van der Waals surface area contributed by atoms with Crippen molar-refractivity contribution in [2.45, 2.75) is 32.8 Å². The first-order valence-corrected chi connectivity index (χ1v) is 9.24. The molecule has 0 radical (unpaired) electrons. The van der Waals surface area contributed by atoms with Crippen molar-refractivity contribution >= 4 is 29.0 Å². The van der Waals surface area contributed by atoms with Gasteiger partial charge in [-0.3, -0.25) is 19.7 Å². The molecule has 158 valence electrons. The summed E-state index contributed by atoms with van der Waals surface area (Å²) < 4.78 is 10.2. The van der Waals surface area contributed by atoms with Gasteiger partial charge in [0.2, 0.25) is 11.7 Å². The fraction of sp³-hybridized carbons (Fsp3) is 0.286. The van der Waals surface area contributed by atoms with E-state index in [1.807, 2.05) is 6.92 Å². The van der Waals surface area contributed by atoms with Crippen molar-refractivity contribution in [3.8, 4) is 5.75 Å². The van der Waals surface area contributed by atoms with Crippen LogP contribution in [-0.4, -0.2) is 35.8 Å². The molecular formula is C21H22N2O7. The van der Waals surface area contributed by atoms with Gasteiger partial charge in [-0.05, 0) is 43.7 Å². The van der Waals surface area contributed by atoms with Gasteiger partial charge in [-0.2, -0.15) is 0 Å². The van der Waals surface area contributed by atoms with E-state index in [9.17, 15) is 24.5 Å². The van der Waals surface area contributed by atoms with E-state index in [1.165, 1.54) is 38.3 Å². The average Bonchev–Trinajstić information content (AvgIpc) is 2.73. The summed E-state index contributed by atoms with van der Waals surface area (Å²) in [6, 6.07) is 9.71. The number of rotatable bonds is 9. The fourth-order valence-electron chi connectivity index (χ4n) is 2.65. The number of methoxy groups -OCH3 is 1. The third-order valence-electron chi connectivity index (χ3n) is 4.20. The van der Waals surface area contributed by atoms with Crippen molar-refractivity contribution in [3.63, 3.8) is 0 Å². The van der Waals surface area contributed by atoms with Crippen molar-refractivity contribution in [1.82, 2.24) is 0 Å². The van der Waals surface area contributed by atoms with Gasteiger partial charge in [-0.25, -0.2) is 4.79 Å². The van der Waals surface area contributed by atoms with Gasteiger partial charge in [0.1, 0.15) is 11.3 Å². The van der Waals surface area contributed by atoms with Crippen LogP contribution in [0.2, 0.25) is 0 Å². The largest absolute Gasteiger partial charge is 0.496 e.